The molecule has 0 saturated heterocycles. The van der Waals surface area contributed by atoms with E-state index in [0.29, 0.717) is 4.88 Å². The van der Waals surface area contributed by atoms with Crippen LogP contribution in [0.4, 0.5) is 8.78 Å². The van der Waals surface area contributed by atoms with Crippen LogP contribution in [0.2, 0.25) is 0 Å². The lowest BCUT2D eigenvalue weighted by atomic mass is 10.1. The van der Waals surface area contributed by atoms with Gasteiger partial charge in [0, 0.05) is 11.4 Å². The number of ether oxygens (including phenoxy) is 1. The summed E-state index contributed by atoms with van der Waals surface area (Å²) >= 11 is 1.09. The molecule has 0 saturated carbocycles. The zero-order valence-corrected chi connectivity index (χ0v) is 12.3. The van der Waals surface area contributed by atoms with Crippen molar-refractivity contribution in [3.63, 3.8) is 0 Å². The van der Waals surface area contributed by atoms with Crippen LogP contribution in [-0.2, 0) is 4.84 Å². The number of carbonyl (C=O) groups excluding carboxylic acids is 1. The van der Waals surface area contributed by atoms with Gasteiger partial charge in [0.15, 0.2) is 0 Å². The number of nitrogens with two attached hydrogens (primary N) is 1. The van der Waals surface area contributed by atoms with Gasteiger partial charge in [-0.3, -0.25) is 9.63 Å². The van der Waals surface area contributed by atoms with E-state index in [9.17, 15) is 13.6 Å². The minimum absolute atomic E-state index is 0.113. The molecule has 0 fully saturated rings. The maximum Gasteiger partial charge on any atom is 0.387 e. The van der Waals surface area contributed by atoms with Crippen LogP contribution in [0.3, 0.4) is 0 Å². The molecule has 8 heteroatoms. The van der Waals surface area contributed by atoms with Crippen LogP contribution in [0.5, 0.6) is 5.75 Å². The summed E-state index contributed by atoms with van der Waals surface area (Å²) in [7, 11) is 0. The average molecular weight is 308 g/mol. The highest BCUT2D eigenvalue weighted by Crippen LogP contribution is 2.30. The molecule has 20 heavy (non-hydrogen) atoms. The molecule has 0 aliphatic carbocycles. The predicted octanol–water partition coefficient (Wildman–Crippen LogP) is 2.30. The molecule has 1 amide bonds. The number of amides is 1. The molecule has 114 valence electrons. The lowest BCUT2D eigenvalue weighted by Crippen LogP contribution is -2.37. The summed E-state index contributed by atoms with van der Waals surface area (Å²) in [6.07, 6.45) is -0.348. The van der Waals surface area contributed by atoms with Gasteiger partial charge in [0.2, 0.25) is 0 Å². The Morgan fingerprint density at radius 3 is 2.65 bits per heavy atom. The second-order valence-electron chi connectivity index (χ2n) is 4.56. The van der Waals surface area contributed by atoms with Gasteiger partial charge in [0.25, 0.3) is 5.91 Å². The topological polar surface area (TPSA) is 73.6 Å². The number of nitrogens with one attached hydrogen (secondary N) is 1. The summed E-state index contributed by atoms with van der Waals surface area (Å²) in [6.45, 7) is 2.72. The van der Waals surface area contributed by atoms with Gasteiger partial charge in [-0.15, -0.1) is 11.3 Å². The van der Waals surface area contributed by atoms with Gasteiger partial charge in [0.1, 0.15) is 10.6 Å². The van der Waals surface area contributed by atoms with E-state index in [0.717, 1.165) is 11.3 Å². The van der Waals surface area contributed by atoms with Gasteiger partial charge in [-0.25, -0.2) is 5.90 Å². The summed E-state index contributed by atoms with van der Waals surface area (Å²) in [5, 5.41) is 2.60. The van der Waals surface area contributed by atoms with Crippen molar-refractivity contribution in [3.8, 4) is 5.75 Å². The van der Waals surface area contributed by atoms with Crippen LogP contribution in [0, 0.1) is 12.8 Å². The van der Waals surface area contributed by atoms with Crippen molar-refractivity contribution in [2.24, 2.45) is 11.8 Å². The van der Waals surface area contributed by atoms with Crippen molar-refractivity contribution >= 4 is 17.2 Å². The summed E-state index contributed by atoms with van der Waals surface area (Å²) in [5.41, 5.74) is 0. The maximum atomic E-state index is 12.3. The Hall–Kier alpha value is -1.25. The molecular formula is C12H18F2N2O3S. The molecule has 0 aliphatic heterocycles. The van der Waals surface area contributed by atoms with Crippen molar-refractivity contribution in [1.82, 2.24) is 5.32 Å². The number of hydrogen-bond donors (Lipinski definition) is 2. The van der Waals surface area contributed by atoms with Gasteiger partial charge >= 0.3 is 6.61 Å². The highest BCUT2D eigenvalue weighted by atomic mass is 32.1. The first-order valence-electron chi connectivity index (χ1n) is 6.04. The lowest BCUT2D eigenvalue weighted by Gasteiger charge is -2.18. The van der Waals surface area contributed by atoms with Gasteiger partial charge < -0.3 is 10.1 Å². The number of rotatable bonds is 7. The minimum atomic E-state index is -2.97. The molecule has 0 aliphatic rings. The summed E-state index contributed by atoms with van der Waals surface area (Å²) in [5.74, 6) is 4.64. The third-order valence-corrected chi connectivity index (χ3v) is 3.66. The molecule has 0 aromatic carbocycles. The van der Waals surface area contributed by atoms with Crippen LogP contribution < -0.4 is 16.0 Å². The quantitative estimate of drug-likeness (QED) is 0.758. The third kappa shape index (κ3) is 4.69. The van der Waals surface area contributed by atoms with E-state index in [1.54, 1.807) is 6.92 Å². The SMILES string of the molecule is Cc1cc(OC(F)F)c(C(=O)NCC(ON)C(C)C)s1. The van der Waals surface area contributed by atoms with Gasteiger partial charge in [-0.2, -0.15) is 8.78 Å². The van der Waals surface area contributed by atoms with Crippen molar-refractivity contribution in [3.05, 3.63) is 15.8 Å². The molecule has 1 heterocycles. The largest absolute Gasteiger partial charge is 0.433 e. The zero-order valence-electron chi connectivity index (χ0n) is 11.5. The molecule has 0 radical (unpaired) electrons. The molecule has 1 atom stereocenters. The Balaban J connectivity index is 2.72. The highest BCUT2D eigenvalue weighted by Gasteiger charge is 2.21. The van der Waals surface area contributed by atoms with E-state index >= 15 is 0 Å². The van der Waals surface area contributed by atoms with E-state index in [4.69, 9.17) is 10.7 Å². The molecule has 1 aromatic heterocycles. The Morgan fingerprint density at radius 1 is 1.50 bits per heavy atom. The molecule has 1 aromatic rings. The van der Waals surface area contributed by atoms with Gasteiger partial charge in [0.05, 0.1) is 6.10 Å². The number of alkyl halides is 2. The Kier molecular flexibility index (Phi) is 6.31. The van der Waals surface area contributed by atoms with E-state index in [2.05, 4.69) is 10.1 Å². The molecule has 1 rings (SSSR count). The average Bonchev–Trinajstić information content (AvgIpc) is 2.69. The van der Waals surface area contributed by atoms with Crippen LogP contribution >= 0.6 is 11.3 Å². The highest BCUT2D eigenvalue weighted by molar-refractivity contribution is 7.14. The molecule has 3 N–H and O–H groups in total. The smallest absolute Gasteiger partial charge is 0.387 e. The first-order chi connectivity index (χ1) is 9.35. The molecular weight excluding hydrogens is 290 g/mol. The summed E-state index contributed by atoms with van der Waals surface area (Å²) < 4.78 is 28.9. The molecule has 5 nitrogen and oxygen atoms in total. The Morgan fingerprint density at radius 2 is 2.15 bits per heavy atom. The molecule has 0 spiro atoms. The van der Waals surface area contributed by atoms with E-state index in [-0.39, 0.29) is 29.2 Å². The van der Waals surface area contributed by atoms with Crippen molar-refractivity contribution in [2.75, 3.05) is 6.54 Å². The number of halogens is 2. The fourth-order valence-electron chi connectivity index (χ4n) is 1.55. The van der Waals surface area contributed by atoms with Gasteiger partial charge in [-0.1, -0.05) is 13.8 Å². The number of aryl methyl sites for hydroxylation is 1. The summed E-state index contributed by atoms with van der Waals surface area (Å²) in [6, 6.07) is 1.41. The van der Waals surface area contributed by atoms with E-state index in [1.165, 1.54) is 6.07 Å². The van der Waals surface area contributed by atoms with Crippen LogP contribution in [0.25, 0.3) is 0 Å². The van der Waals surface area contributed by atoms with Crippen LogP contribution in [-0.4, -0.2) is 25.2 Å². The van der Waals surface area contributed by atoms with Crippen molar-refractivity contribution < 1.29 is 23.1 Å². The van der Waals surface area contributed by atoms with Crippen molar-refractivity contribution in [2.45, 2.75) is 33.5 Å². The predicted molar refractivity (Wildman–Crippen MR) is 71.9 cm³/mol. The fourth-order valence-corrected chi connectivity index (χ4v) is 2.41. The monoisotopic (exact) mass is 308 g/mol. The van der Waals surface area contributed by atoms with Crippen LogP contribution in [0.15, 0.2) is 6.07 Å². The molecule has 0 bridgehead atoms. The first kappa shape index (κ1) is 16.8. The lowest BCUT2D eigenvalue weighted by molar-refractivity contribution is -0.0498. The minimum Gasteiger partial charge on any atom is -0.433 e. The van der Waals surface area contributed by atoms with Crippen LogP contribution in [0.1, 0.15) is 28.4 Å². The third-order valence-electron chi connectivity index (χ3n) is 2.63. The van der Waals surface area contributed by atoms with E-state index < -0.39 is 12.5 Å². The Bertz CT molecular complexity index is 452. The number of thiophene rings is 1. The first-order valence-corrected chi connectivity index (χ1v) is 6.85. The second-order valence-corrected chi connectivity index (χ2v) is 5.81. The van der Waals surface area contributed by atoms with Gasteiger partial charge in [-0.05, 0) is 18.9 Å². The van der Waals surface area contributed by atoms with Crippen molar-refractivity contribution in [1.29, 1.82) is 0 Å². The molecule has 1 unspecified atom stereocenters. The fraction of sp³-hybridized carbons (Fsp3) is 0.583. The van der Waals surface area contributed by atoms with E-state index in [1.807, 2.05) is 13.8 Å². The number of hydrogen-bond acceptors (Lipinski definition) is 5. The Labute approximate surface area is 120 Å². The number of carbonyl (C=O) groups is 1. The second kappa shape index (κ2) is 7.51. The normalized spacial score (nSPS) is 12.8. The maximum absolute atomic E-state index is 12.3. The standard InChI is InChI=1S/C12H18F2N2O3S/c1-6(2)9(19-15)5-16-11(17)10-8(18-12(13)14)4-7(3)20-10/h4,6,9,12H,5,15H2,1-3H3,(H,16,17). The zero-order chi connectivity index (χ0) is 15.3. The summed E-state index contributed by atoms with van der Waals surface area (Å²) in [4.78, 5) is 17.5.